The van der Waals surface area contributed by atoms with E-state index in [1.54, 1.807) is 19.2 Å². The van der Waals surface area contributed by atoms with Gasteiger partial charge in [0.15, 0.2) is 0 Å². The number of amides is 1. The van der Waals surface area contributed by atoms with Gasteiger partial charge in [-0.1, -0.05) is 68.8 Å². The Morgan fingerprint density at radius 3 is 2.29 bits per heavy atom. The van der Waals surface area contributed by atoms with Gasteiger partial charge in [-0.15, -0.1) is 0 Å². The number of hydrogen-bond acceptors (Lipinski definition) is 4. The molecule has 5 heteroatoms. The predicted octanol–water partition coefficient (Wildman–Crippen LogP) is 6.24. The predicted molar refractivity (Wildman–Crippen MR) is 139 cm³/mol. The minimum Gasteiger partial charge on any atom is -0.507 e. The Labute approximate surface area is 206 Å². The van der Waals surface area contributed by atoms with Gasteiger partial charge in [0, 0.05) is 16.8 Å². The first-order valence-electron chi connectivity index (χ1n) is 11.7. The van der Waals surface area contributed by atoms with Crippen LogP contribution in [0, 0.1) is 13.8 Å². The highest BCUT2D eigenvalue weighted by Gasteiger charge is 2.47. The molecule has 0 spiro atoms. The van der Waals surface area contributed by atoms with Crippen molar-refractivity contribution in [3.63, 3.8) is 0 Å². The maximum absolute atomic E-state index is 13.5. The van der Waals surface area contributed by atoms with Crippen LogP contribution in [0.3, 0.4) is 0 Å². The second-order valence-electron chi connectivity index (χ2n) is 10.0. The number of ketones is 1. The zero-order valence-electron chi connectivity index (χ0n) is 21.0. The Bertz CT molecular complexity index is 1350. The minimum absolute atomic E-state index is 0.0777. The van der Waals surface area contributed by atoms with Crippen molar-refractivity contribution in [3.05, 3.63) is 100 Å². The van der Waals surface area contributed by atoms with E-state index in [1.807, 2.05) is 68.4 Å². The standard InChI is InChI=1S/C30H31NO4/c1-18-10-9-12-20(16-18)26-25(28(33)29(34)31(26)23-13-8-7-11-19(23)2)27(32)21-14-15-24(35-6)22(17-21)30(3,4)5/h7-17,26,32H,1-6H3/b27-25-. The molecular formula is C30H31NO4. The molecule has 1 fully saturated rings. The Hall–Kier alpha value is -3.86. The molecule has 35 heavy (non-hydrogen) atoms. The number of aliphatic hydroxyl groups excluding tert-OH is 1. The van der Waals surface area contributed by atoms with E-state index in [0.29, 0.717) is 17.0 Å². The molecule has 0 radical (unpaired) electrons. The number of hydrogen-bond donors (Lipinski definition) is 1. The summed E-state index contributed by atoms with van der Waals surface area (Å²) < 4.78 is 5.53. The third kappa shape index (κ3) is 4.34. The number of carbonyl (C=O) groups is 2. The minimum atomic E-state index is -0.754. The maximum atomic E-state index is 13.5. The summed E-state index contributed by atoms with van der Waals surface area (Å²) in [4.78, 5) is 28.4. The van der Waals surface area contributed by atoms with Crippen molar-refractivity contribution in [2.75, 3.05) is 12.0 Å². The monoisotopic (exact) mass is 469 g/mol. The van der Waals surface area contributed by atoms with Crippen LogP contribution in [-0.4, -0.2) is 23.9 Å². The van der Waals surface area contributed by atoms with Crippen LogP contribution in [0.1, 0.15) is 54.6 Å². The van der Waals surface area contributed by atoms with E-state index in [2.05, 4.69) is 20.8 Å². The highest BCUT2D eigenvalue weighted by Crippen LogP contribution is 2.44. The molecule has 3 aromatic carbocycles. The van der Waals surface area contributed by atoms with Crippen molar-refractivity contribution in [3.8, 4) is 5.75 Å². The Balaban J connectivity index is 1.98. The van der Waals surface area contributed by atoms with Crippen molar-refractivity contribution in [1.29, 1.82) is 0 Å². The average Bonchev–Trinajstić information content (AvgIpc) is 3.08. The number of Topliss-reactive ketones (excluding diaryl/α,β-unsaturated/α-hetero) is 1. The Kier molecular flexibility index (Phi) is 6.28. The third-order valence-corrected chi connectivity index (χ3v) is 6.46. The van der Waals surface area contributed by atoms with Crippen LogP contribution in [0.25, 0.3) is 5.76 Å². The molecule has 1 saturated heterocycles. The summed E-state index contributed by atoms with van der Waals surface area (Å²) in [5.41, 5.74) is 4.45. The second-order valence-corrected chi connectivity index (χ2v) is 10.0. The van der Waals surface area contributed by atoms with Crippen molar-refractivity contribution < 1.29 is 19.4 Å². The number of nitrogens with zero attached hydrogens (tertiary/aromatic N) is 1. The molecule has 180 valence electrons. The van der Waals surface area contributed by atoms with Gasteiger partial charge in [-0.3, -0.25) is 14.5 Å². The Morgan fingerprint density at radius 2 is 1.66 bits per heavy atom. The van der Waals surface area contributed by atoms with E-state index in [4.69, 9.17) is 4.74 Å². The van der Waals surface area contributed by atoms with E-state index in [1.165, 1.54) is 4.90 Å². The quantitative estimate of drug-likeness (QED) is 0.279. The van der Waals surface area contributed by atoms with E-state index in [0.717, 1.165) is 22.3 Å². The largest absolute Gasteiger partial charge is 0.507 e. The molecule has 0 bridgehead atoms. The number of aliphatic hydroxyl groups is 1. The number of para-hydroxylation sites is 1. The lowest BCUT2D eigenvalue weighted by atomic mass is 9.84. The summed E-state index contributed by atoms with van der Waals surface area (Å²) >= 11 is 0. The van der Waals surface area contributed by atoms with Gasteiger partial charge >= 0.3 is 0 Å². The van der Waals surface area contributed by atoms with Gasteiger partial charge in [-0.05, 0) is 54.7 Å². The summed E-state index contributed by atoms with van der Waals surface area (Å²) in [6.45, 7) is 10.0. The van der Waals surface area contributed by atoms with Crippen LogP contribution >= 0.6 is 0 Å². The number of methoxy groups -OCH3 is 1. The number of ether oxygens (including phenoxy) is 1. The molecule has 0 aliphatic carbocycles. The molecule has 3 aromatic rings. The van der Waals surface area contributed by atoms with Crippen molar-refractivity contribution in [2.45, 2.75) is 46.1 Å². The van der Waals surface area contributed by atoms with Crippen molar-refractivity contribution in [1.82, 2.24) is 0 Å². The van der Waals surface area contributed by atoms with E-state index in [-0.39, 0.29) is 16.7 Å². The topological polar surface area (TPSA) is 66.8 Å². The average molecular weight is 470 g/mol. The number of aryl methyl sites for hydroxylation is 2. The first kappa shape index (κ1) is 24.3. The van der Waals surface area contributed by atoms with Gasteiger partial charge in [-0.25, -0.2) is 0 Å². The van der Waals surface area contributed by atoms with Crippen LogP contribution in [0.4, 0.5) is 5.69 Å². The molecule has 1 N–H and O–H groups in total. The molecule has 0 aromatic heterocycles. The third-order valence-electron chi connectivity index (χ3n) is 6.46. The highest BCUT2D eigenvalue weighted by atomic mass is 16.5. The zero-order valence-corrected chi connectivity index (χ0v) is 21.0. The first-order chi connectivity index (χ1) is 16.5. The lowest BCUT2D eigenvalue weighted by molar-refractivity contribution is -0.132. The normalized spacial score (nSPS) is 17.7. The van der Waals surface area contributed by atoms with Crippen molar-refractivity contribution >= 4 is 23.1 Å². The van der Waals surface area contributed by atoms with Gasteiger partial charge in [-0.2, -0.15) is 0 Å². The van der Waals surface area contributed by atoms with Gasteiger partial charge < -0.3 is 9.84 Å². The van der Waals surface area contributed by atoms with Crippen molar-refractivity contribution in [2.24, 2.45) is 0 Å². The lowest BCUT2D eigenvalue weighted by Crippen LogP contribution is -2.30. The molecule has 4 rings (SSSR count). The second kappa shape index (κ2) is 9.06. The fraction of sp³-hybridized carbons (Fsp3) is 0.267. The smallest absolute Gasteiger partial charge is 0.300 e. The van der Waals surface area contributed by atoms with Gasteiger partial charge in [0.1, 0.15) is 11.5 Å². The first-order valence-corrected chi connectivity index (χ1v) is 11.7. The van der Waals surface area contributed by atoms with Gasteiger partial charge in [0.05, 0.1) is 18.7 Å². The fourth-order valence-corrected chi connectivity index (χ4v) is 4.67. The summed E-state index contributed by atoms with van der Waals surface area (Å²) in [6.07, 6.45) is 0. The highest BCUT2D eigenvalue weighted by molar-refractivity contribution is 6.51. The molecule has 5 nitrogen and oxygen atoms in total. The van der Waals surface area contributed by atoms with Crippen LogP contribution in [0.2, 0.25) is 0 Å². The van der Waals surface area contributed by atoms with E-state index < -0.39 is 17.7 Å². The van der Waals surface area contributed by atoms with Crippen LogP contribution in [0.15, 0.2) is 72.3 Å². The lowest BCUT2D eigenvalue weighted by Gasteiger charge is -2.27. The molecule has 1 atom stereocenters. The van der Waals surface area contributed by atoms with Crippen LogP contribution < -0.4 is 9.64 Å². The molecule has 0 saturated carbocycles. The fourth-order valence-electron chi connectivity index (χ4n) is 4.67. The summed E-state index contributed by atoms with van der Waals surface area (Å²) in [5.74, 6) is -0.856. The number of rotatable bonds is 4. The molecular weight excluding hydrogens is 438 g/mol. The van der Waals surface area contributed by atoms with Crippen LogP contribution in [0.5, 0.6) is 5.75 Å². The summed E-state index contributed by atoms with van der Waals surface area (Å²) in [5, 5.41) is 11.5. The Morgan fingerprint density at radius 1 is 0.943 bits per heavy atom. The zero-order chi connectivity index (χ0) is 25.5. The molecule has 1 aliphatic rings. The number of benzene rings is 3. The van der Waals surface area contributed by atoms with E-state index in [9.17, 15) is 14.7 Å². The maximum Gasteiger partial charge on any atom is 0.300 e. The summed E-state index contributed by atoms with van der Waals surface area (Å²) in [7, 11) is 1.61. The SMILES string of the molecule is COc1ccc(/C(O)=C2/C(=O)C(=O)N(c3ccccc3C)C2c2cccc(C)c2)cc1C(C)(C)C. The van der Waals surface area contributed by atoms with E-state index >= 15 is 0 Å². The number of carbonyl (C=O) groups excluding carboxylic acids is 2. The molecule has 1 unspecified atom stereocenters. The van der Waals surface area contributed by atoms with Crippen LogP contribution in [-0.2, 0) is 15.0 Å². The molecule has 1 heterocycles. The molecule has 1 aliphatic heterocycles. The summed E-state index contributed by atoms with van der Waals surface area (Å²) in [6, 6.07) is 19.7. The van der Waals surface area contributed by atoms with Gasteiger partial charge in [0.2, 0.25) is 0 Å². The molecule has 1 amide bonds. The number of anilines is 1. The van der Waals surface area contributed by atoms with Gasteiger partial charge in [0.25, 0.3) is 11.7 Å².